The van der Waals surface area contributed by atoms with Gasteiger partial charge in [0.05, 0.1) is 13.5 Å². The molecule has 0 aromatic rings. The van der Waals surface area contributed by atoms with Gasteiger partial charge in [-0.2, -0.15) is 0 Å². The molecular weight excluding hydrogens is 198 g/mol. The quantitative estimate of drug-likeness (QED) is 0.644. The fourth-order valence-electron chi connectivity index (χ4n) is 1.27. The van der Waals surface area contributed by atoms with E-state index in [1.165, 1.54) is 7.11 Å². The Kier molecular flexibility index (Phi) is 5.59. The Morgan fingerprint density at radius 3 is 2.07 bits per heavy atom. The highest BCUT2D eigenvalue weighted by Crippen LogP contribution is 2.15. The third-order valence-electron chi connectivity index (χ3n) is 2.06. The van der Waals surface area contributed by atoms with Gasteiger partial charge in [0.2, 0.25) is 5.91 Å². The third-order valence-corrected chi connectivity index (χ3v) is 2.06. The van der Waals surface area contributed by atoms with Crippen molar-refractivity contribution < 1.29 is 19.1 Å². The summed E-state index contributed by atoms with van der Waals surface area (Å²) in [6.07, 6.45) is -0.192. The molecule has 0 saturated carbocycles. The van der Waals surface area contributed by atoms with E-state index in [9.17, 15) is 14.4 Å². The second kappa shape index (κ2) is 6.16. The van der Waals surface area contributed by atoms with E-state index in [1.807, 2.05) is 0 Å². The molecular formula is C10H17NO4. The Balaban J connectivity index is 4.50. The Labute approximate surface area is 89.0 Å². The third kappa shape index (κ3) is 5.15. The highest BCUT2D eigenvalue weighted by atomic mass is 16.5. The van der Waals surface area contributed by atoms with E-state index in [4.69, 9.17) is 5.73 Å². The van der Waals surface area contributed by atoms with E-state index in [0.29, 0.717) is 0 Å². The lowest BCUT2D eigenvalue weighted by Gasteiger charge is -2.14. The number of methoxy groups -OCH3 is 1. The lowest BCUT2D eigenvalue weighted by molar-refractivity contribution is -0.144. The highest BCUT2D eigenvalue weighted by molar-refractivity contribution is 5.90. The summed E-state index contributed by atoms with van der Waals surface area (Å²) in [6.45, 7) is 3.43. The maximum absolute atomic E-state index is 11.6. The van der Waals surface area contributed by atoms with Gasteiger partial charge >= 0.3 is 5.97 Å². The number of rotatable bonds is 6. The van der Waals surface area contributed by atoms with Crippen LogP contribution in [0.25, 0.3) is 0 Å². The second-order valence-electron chi connectivity index (χ2n) is 3.70. The minimum absolute atomic E-state index is 0.0869. The molecule has 15 heavy (non-hydrogen) atoms. The predicted octanol–water partition coefficient (Wildman–Crippen LogP) is 0.266. The summed E-state index contributed by atoms with van der Waals surface area (Å²) >= 11 is 0. The Morgan fingerprint density at radius 2 is 1.73 bits per heavy atom. The van der Waals surface area contributed by atoms with Crippen LogP contribution >= 0.6 is 0 Å². The number of Topliss-reactive ketones (excluding diaryl/α,β-unsaturated/α-hetero) is 1. The lowest BCUT2D eigenvalue weighted by atomic mass is 9.89. The van der Waals surface area contributed by atoms with E-state index in [2.05, 4.69) is 4.74 Å². The molecule has 2 N–H and O–H groups in total. The zero-order valence-electron chi connectivity index (χ0n) is 9.28. The van der Waals surface area contributed by atoms with Crippen LogP contribution in [0.3, 0.4) is 0 Å². The van der Waals surface area contributed by atoms with Crippen LogP contribution in [0.1, 0.15) is 26.7 Å². The minimum atomic E-state index is -0.657. The van der Waals surface area contributed by atoms with Gasteiger partial charge in [0, 0.05) is 18.3 Å². The molecule has 0 fully saturated rings. The molecule has 86 valence electrons. The number of hydrogen-bond acceptors (Lipinski definition) is 4. The minimum Gasteiger partial charge on any atom is -0.469 e. The standard InChI is InChI=1S/C10H17NO4/c1-6(2)10(14)7(4-8(11)12)5-9(13)15-3/h6-7H,4-5H2,1-3H3,(H2,11,12)/t7-/m1/s1. The predicted molar refractivity (Wildman–Crippen MR) is 53.8 cm³/mol. The summed E-state index contributed by atoms with van der Waals surface area (Å²) in [5.74, 6) is -2.11. The SMILES string of the molecule is COC(=O)C[C@@H](CC(N)=O)C(=O)C(C)C. The van der Waals surface area contributed by atoms with Crippen LogP contribution in [0.2, 0.25) is 0 Å². The van der Waals surface area contributed by atoms with Crippen molar-refractivity contribution in [2.24, 2.45) is 17.6 Å². The zero-order chi connectivity index (χ0) is 12.0. The maximum atomic E-state index is 11.6. The molecule has 0 bridgehead atoms. The number of carbonyl (C=O) groups excluding carboxylic acids is 3. The van der Waals surface area contributed by atoms with Crippen molar-refractivity contribution in [2.75, 3.05) is 7.11 Å². The molecule has 1 atom stereocenters. The van der Waals surface area contributed by atoms with Gasteiger partial charge in [0.15, 0.2) is 0 Å². The van der Waals surface area contributed by atoms with Gasteiger partial charge in [-0.25, -0.2) is 0 Å². The van der Waals surface area contributed by atoms with Crippen molar-refractivity contribution in [3.8, 4) is 0 Å². The number of nitrogens with two attached hydrogens (primary N) is 1. The van der Waals surface area contributed by atoms with Crippen LogP contribution in [0.5, 0.6) is 0 Å². The number of esters is 1. The largest absolute Gasteiger partial charge is 0.469 e. The summed E-state index contributed by atoms with van der Waals surface area (Å²) in [4.78, 5) is 33.3. The molecule has 0 aromatic heterocycles. The number of ketones is 1. The van der Waals surface area contributed by atoms with Crippen molar-refractivity contribution in [3.05, 3.63) is 0 Å². The molecule has 5 heteroatoms. The van der Waals surface area contributed by atoms with Gasteiger partial charge in [-0.3, -0.25) is 14.4 Å². The maximum Gasteiger partial charge on any atom is 0.306 e. The molecule has 5 nitrogen and oxygen atoms in total. The molecule has 1 amide bonds. The summed E-state index contributed by atoms with van der Waals surface area (Å²) in [6, 6.07) is 0. The Bertz CT molecular complexity index is 260. The normalized spacial score (nSPS) is 12.3. The van der Waals surface area contributed by atoms with Crippen molar-refractivity contribution in [1.82, 2.24) is 0 Å². The van der Waals surface area contributed by atoms with Crippen LogP contribution in [0.15, 0.2) is 0 Å². The van der Waals surface area contributed by atoms with Gasteiger partial charge in [-0.1, -0.05) is 13.8 Å². The first-order valence-electron chi connectivity index (χ1n) is 4.77. The molecule has 0 saturated heterocycles. The zero-order valence-corrected chi connectivity index (χ0v) is 9.28. The van der Waals surface area contributed by atoms with E-state index >= 15 is 0 Å². The molecule has 0 aliphatic heterocycles. The first-order valence-corrected chi connectivity index (χ1v) is 4.77. The fraction of sp³-hybridized carbons (Fsp3) is 0.700. The number of ether oxygens (including phenoxy) is 1. The number of carbonyl (C=O) groups is 3. The van der Waals surface area contributed by atoms with E-state index in [0.717, 1.165) is 0 Å². The van der Waals surface area contributed by atoms with Gasteiger partial charge in [0.25, 0.3) is 0 Å². The Morgan fingerprint density at radius 1 is 1.20 bits per heavy atom. The van der Waals surface area contributed by atoms with Gasteiger partial charge in [-0.15, -0.1) is 0 Å². The van der Waals surface area contributed by atoms with Gasteiger partial charge < -0.3 is 10.5 Å². The topological polar surface area (TPSA) is 86.5 Å². The van der Waals surface area contributed by atoms with E-state index in [-0.39, 0.29) is 24.5 Å². The van der Waals surface area contributed by atoms with Crippen LogP contribution in [0, 0.1) is 11.8 Å². The summed E-state index contributed by atoms with van der Waals surface area (Å²) in [5.41, 5.74) is 5.01. The summed E-state index contributed by atoms with van der Waals surface area (Å²) in [5, 5.41) is 0. The van der Waals surface area contributed by atoms with Crippen LogP contribution in [-0.2, 0) is 19.1 Å². The lowest BCUT2D eigenvalue weighted by Crippen LogP contribution is -2.28. The van der Waals surface area contributed by atoms with Crippen molar-refractivity contribution in [2.45, 2.75) is 26.7 Å². The summed E-state index contributed by atoms with van der Waals surface area (Å²) < 4.78 is 4.45. The first kappa shape index (κ1) is 13.6. The number of hydrogen-bond donors (Lipinski definition) is 1. The van der Waals surface area contributed by atoms with Crippen LogP contribution < -0.4 is 5.73 Å². The van der Waals surface area contributed by atoms with Crippen molar-refractivity contribution in [1.29, 1.82) is 0 Å². The fourth-order valence-corrected chi connectivity index (χ4v) is 1.27. The smallest absolute Gasteiger partial charge is 0.306 e. The molecule has 0 spiro atoms. The number of amides is 1. The molecule has 0 aromatic carbocycles. The van der Waals surface area contributed by atoms with Crippen LogP contribution in [0.4, 0.5) is 0 Å². The van der Waals surface area contributed by atoms with Crippen molar-refractivity contribution in [3.63, 3.8) is 0 Å². The molecule has 0 heterocycles. The summed E-state index contributed by atoms with van der Waals surface area (Å²) in [7, 11) is 1.24. The highest BCUT2D eigenvalue weighted by Gasteiger charge is 2.25. The molecule has 0 unspecified atom stereocenters. The molecule has 0 radical (unpaired) electrons. The number of primary amides is 1. The van der Waals surface area contributed by atoms with Crippen molar-refractivity contribution >= 4 is 17.7 Å². The van der Waals surface area contributed by atoms with Gasteiger partial charge in [0.1, 0.15) is 5.78 Å². The first-order chi connectivity index (χ1) is 6.88. The van der Waals surface area contributed by atoms with E-state index < -0.39 is 17.8 Å². The molecule has 0 aliphatic rings. The Hall–Kier alpha value is -1.39. The average molecular weight is 215 g/mol. The second-order valence-corrected chi connectivity index (χ2v) is 3.70. The molecule has 0 aliphatic carbocycles. The monoisotopic (exact) mass is 215 g/mol. The molecule has 0 rings (SSSR count). The van der Waals surface area contributed by atoms with Crippen LogP contribution in [-0.4, -0.2) is 24.8 Å². The van der Waals surface area contributed by atoms with E-state index in [1.54, 1.807) is 13.8 Å². The van der Waals surface area contributed by atoms with Gasteiger partial charge in [-0.05, 0) is 0 Å². The average Bonchev–Trinajstić information content (AvgIpc) is 2.14.